The van der Waals surface area contributed by atoms with Crippen LogP contribution in [0.1, 0.15) is 12.5 Å². The molecule has 3 amide bonds. The summed E-state index contributed by atoms with van der Waals surface area (Å²) in [6, 6.07) is 5.00. The van der Waals surface area contributed by atoms with Gasteiger partial charge in [0.25, 0.3) is 5.91 Å². The molecule has 0 N–H and O–H groups in total. The van der Waals surface area contributed by atoms with Crippen molar-refractivity contribution in [2.45, 2.75) is 25.7 Å². The highest BCUT2D eigenvalue weighted by molar-refractivity contribution is 6.04. The van der Waals surface area contributed by atoms with Gasteiger partial charge in [-0.3, -0.25) is 9.69 Å². The summed E-state index contributed by atoms with van der Waals surface area (Å²) in [5.74, 6) is -0.197. The number of benzene rings is 1. The molecule has 0 spiro atoms. The van der Waals surface area contributed by atoms with Crippen LogP contribution in [0.4, 0.5) is 9.18 Å². The lowest BCUT2D eigenvalue weighted by Gasteiger charge is -2.40. The molecule has 3 heterocycles. The van der Waals surface area contributed by atoms with Crippen LogP contribution in [0.25, 0.3) is 0 Å². The molecule has 1 aromatic carbocycles. The maximum Gasteiger partial charge on any atom is 0.328 e. The van der Waals surface area contributed by atoms with Gasteiger partial charge in [-0.05, 0) is 13.0 Å². The summed E-state index contributed by atoms with van der Waals surface area (Å²) < 4.78 is 19.2. The van der Waals surface area contributed by atoms with Crippen LogP contribution in [0.2, 0.25) is 0 Å². The predicted octanol–water partition coefficient (Wildman–Crippen LogP) is 1.41. The second kappa shape index (κ2) is 6.90. The maximum atomic E-state index is 14.1. The Kier molecular flexibility index (Phi) is 4.54. The van der Waals surface area contributed by atoms with E-state index >= 15 is 0 Å². The number of rotatable bonds is 5. The second-order valence-corrected chi connectivity index (χ2v) is 7.02. The van der Waals surface area contributed by atoms with Crippen LogP contribution < -0.4 is 0 Å². The quantitative estimate of drug-likeness (QED) is 0.764. The van der Waals surface area contributed by atoms with E-state index in [0.717, 1.165) is 10.6 Å². The van der Waals surface area contributed by atoms with Crippen molar-refractivity contribution < 1.29 is 18.7 Å². The summed E-state index contributed by atoms with van der Waals surface area (Å²) in [5, 5.41) is 0. The average Bonchev–Trinajstić information content (AvgIpc) is 3.18. The van der Waals surface area contributed by atoms with Crippen molar-refractivity contribution in [3.8, 4) is 0 Å². The summed E-state index contributed by atoms with van der Waals surface area (Å²) in [7, 11) is 3.24. The van der Waals surface area contributed by atoms with Crippen LogP contribution in [0.3, 0.4) is 0 Å². The van der Waals surface area contributed by atoms with Gasteiger partial charge in [-0.25, -0.2) is 14.2 Å². The molecule has 2 unspecified atom stereocenters. The summed E-state index contributed by atoms with van der Waals surface area (Å²) >= 11 is 0. The smallest absolute Gasteiger partial charge is 0.328 e. The van der Waals surface area contributed by atoms with Gasteiger partial charge in [-0.15, -0.1) is 0 Å². The summed E-state index contributed by atoms with van der Waals surface area (Å²) in [5.41, 5.74) is 1.24. The number of amides is 3. The number of halogens is 1. The Morgan fingerprint density at radius 1 is 1.21 bits per heavy atom. The van der Waals surface area contributed by atoms with Crippen LogP contribution in [-0.2, 0) is 16.1 Å². The molecule has 8 nitrogen and oxygen atoms in total. The second-order valence-electron chi connectivity index (χ2n) is 7.02. The van der Waals surface area contributed by atoms with Crippen LogP contribution in [0.15, 0.2) is 41.2 Å². The Hall–Kier alpha value is -2.94. The van der Waals surface area contributed by atoms with E-state index in [1.807, 2.05) is 18.0 Å². The molecule has 2 atom stereocenters. The molecule has 0 saturated carbocycles. The van der Waals surface area contributed by atoms with Crippen molar-refractivity contribution in [3.05, 3.63) is 47.5 Å². The maximum absolute atomic E-state index is 14.1. The first-order chi connectivity index (χ1) is 13.4. The molecule has 148 valence electrons. The molecule has 1 aromatic rings. The van der Waals surface area contributed by atoms with Crippen molar-refractivity contribution >= 4 is 17.9 Å². The molecule has 0 aromatic heterocycles. The zero-order valence-corrected chi connectivity index (χ0v) is 16.0. The van der Waals surface area contributed by atoms with E-state index in [9.17, 15) is 14.0 Å². The molecule has 1 fully saturated rings. The Bertz CT molecular complexity index is 886. The fourth-order valence-electron chi connectivity index (χ4n) is 3.80. The Labute approximate surface area is 162 Å². The largest absolute Gasteiger partial charge is 0.383 e. The summed E-state index contributed by atoms with van der Waals surface area (Å²) in [6.07, 6.45) is 1.25. The van der Waals surface area contributed by atoms with E-state index in [1.165, 1.54) is 11.0 Å². The van der Waals surface area contributed by atoms with Gasteiger partial charge in [0.15, 0.2) is 12.2 Å². The van der Waals surface area contributed by atoms with E-state index in [2.05, 4.69) is 4.99 Å². The summed E-state index contributed by atoms with van der Waals surface area (Å²) in [4.78, 5) is 37.0. The summed E-state index contributed by atoms with van der Waals surface area (Å²) in [6.45, 7) is 2.93. The molecular formula is C19H22FN5O3. The Morgan fingerprint density at radius 2 is 1.96 bits per heavy atom. The average molecular weight is 387 g/mol. The number of urea groups is 1. The number of likely N-dealkylation sites (N-methyl/N-ethyl adjacent to an activating group) is 1. The van der Waals surface area contributed by atoms with E-state index in [1.54, 1.807) is 37.3 Å². The number of methoxy groups -OCH3 is 1. The molecule has 3 aliphatic rings. The highest BCUT2D eigenvalue weighted by atomic mass is 19.1. The number of carbonyl (C=O) groups excluding carboxylic acids is 2. The number of allylic oxidation sites excluding steroid dienone is 1. The monoisotopic (exact) mass is 387 g/mol. The molecule has 0 bridgehead atoms. The van der Waals surface area contributed by atoms with E-state index < -0.39 is 24.1 Å². The van der Waals surface area contributed by atoms with Crippen molar-refractivity contribution in [2.24, 2.45) is 4.99 Å². The standard InChI is InChI=1S/C19H22FN5O3/c1-12-10-24-15-16(21-18(24)23(12)8-9-28-3)22(2)19(27)25(17(15)26)11-13-6-4-5-7-14(13)20/h4-7,10,15-16H,8-9,11H2,1-3H3. The van der Waals surface area contributed by atoms with Crippen LogP contribution >= 0.6 is 0 Å². The molecule has 0 radical (unpaired) electrons. The lowest BCUT2D eigenvalue weighted by Crippen LogP contribution is -2.63. The molecule has 3 aliphatic heterocycles. The Morgan fingerprint density at radius 3 is 2.68 bits per heavy atom. The van der Waals surface area contributed by atoms with E-state index in [-0.39, 0.29) is 12.5 Å². The topological polar surface area (TPSA) is 68.7 Å². The number of hydrogen-bond acceptors (Lipinski definition) is 6. The number of guanidine groups is 1. The highest BCUT2D eigenvalue weighted by Crippen LogP contribution is 2.34. The van der Waals surface area contributed by atoms with Gasteiger partial charge >= 0.3 is 6.03 Å². The lowest BCUT2D eigenvalue weighted by molar-refractivity contribution is -0.137. The van der Waals surface area contributed by atoms with Crippen molar-refractivity contribution in [1.29, 1.82) is 0 Å². The molecule has 4 rings (SSSR count). The number of hydrogen-bond donors (Lipinski definition) is 0. The zero-order chi connectivity index (χ0) is 20.0. The number of ether oxygens (including phenoxy) is 1. The van der Waals surface area contributed by atoms with Gasteiger partial charge in [0, 0.05) is 38.2 Å². The molecule has 1 saturated heterocycles. The first-order valence-corrected chi connectivity index (χ1v) is 9.06. The molecular weight excluding hydrogens is 365 g/mol. The number of fused-ring (bicyclic) bond motifs is 3. The third kappa shape index (κ3) is 2.73. The fourth-order valence-corrected chi connectivity index (χ4v) is 3.80. The van der Waals surface area contributed by atoms with E-state index in [0.29, 0.717) is 24.7 Å². The van der Waals surface area contributed by atoms with Crippen LogP contribution in [-0.4, -0.2) is 77.0 Å². The van der Waals surface area contributed by atoms with Crippen LogP contribution in [0.5, 0.6) is 0 Å². The number of imide groups is 1. The first-order valence-electron chi connectivity index (χ1n) is 9.06. The molecule has 28 heavy (non-hydrogen) atoms. The first kappa shape index (κ1) is 18.4. The van der Waals surface area contributed by atoms with Gasteiger partial charge in [0.05, 0.1) is 13.2 Å². The number of aliphatic imine (C=N–C) groups is 1. The van der Waals surface area contributed by atoms with Crippen LogP contribution in [0, 0.1) is 5.82 Å². The fraction of sp³-hybridized carbons (Fsp3) is 0.421. The van der Waals surface area contributed by atoms with Gasteiger partial charge in [-0.1, -0.05) is 18.2 Å². The number of carbonyl (C=O) groups is 2. The lowest BCUT2D eigenvalue weighted by atomic mass is 10.1. The van der Waals surface area contributed by atoms with Gasteiger partial charge in [0.2, 0.25) is 5.96 Å². The normalized spacial score (nSPS) is 23.9. The SMILES string of the molecule is COCCN1C(C)=CN2C1=NC1C2C(=O)N(Cc2ccccc2F)C(=O)N1C. The minimum absolute atomic E-state index is 0.114. The molecule has 9 heteroatoms. The molecule has 0 aliphatic carbocycles. The third-order valence-corrected chi connectivity index (χ3v) is 5.31. The van der Waals surface area contributed by atoms with Crippen molar-refractivity contribution in [1.82, 2.24) is 19.6 Å². The van der Waals surface area contributed by atoms with Crippen molar-refractivity contribution in [3.63, 3.8) is 0 Å². The predicted molar refractivity (Wildman–Crippen MR) is 99.3 cm³/mol. The third-order valence-electron chi connectivity index (χ3n) is 5.31. The minimum Gasteiger partial charge on any atom is -0.383 e. The highest BCUT2D eigenvalue weighted by Gasteiger charge is 2.54. The van der Waals surface area contributed by atoms with Gasteiger partial charge < -0.3 is 19.4 Å². The van der Waals surface area contributed by atoms with E-state index in [4.69, 9.17) is 4.74 Å². The van der Waals surface area contributed by atoms with Gasteiger partial charge in [-0.2, -0.15) is 0 Å². The number of nitrogens with zero attached hydrogens (tertiary/aromatic N) is 5. The minimum atomic E-state index is -0.660. The Balaban J connectivity index is 1.62. The van der Waals surface area contributed by atoms with Crippen molar-refractivity contribution in [2.75, 3.05) is 27.3 Å². The zero-order valence-electron chi connectivity index (χ0n) is 16.0. The van der Waals surface area contributed by atoms with Gasteiger partial charge in [0.1, 0.15) is 5.82 Å².